The molecule has 0 radical (unpaired) electrons. The summed E-state index contributed by atoms with van der Waals surface area (Å²) in [6, 6.07) is 2.29. The van der Waals surface area contributed by atoms with Gasteiger partial charge in [0, 0.05) is 23.6 Å². The van der Waals surface area contributed by atoms with Crippen molar-refractivity contribution in [1.29, 1.82) is 0 Å². The summed E-state index contributed by atoms with van der Waals surface area (Å²) in [6.07, 6.45) is 1.36. The number of rotatable bonds is 16. The highest BCUT2D eigenvalue weighted by Gasteiger charge is 2.32. The molecule has 0 bridgehead atoms. The number of para-hydroxylation sites is 1. The van der Waals surface area contributed by atoms with Gasteiger partial charge in [-0.25, -0.2) is 4.79 Å². The zero-order chi connectivity index (χ0) is 30.7. The van der Waals surface area contributed by atoms with E-state index in [0.717, 1.165) is 16.5 Å². The van der Waals surface area contributed by atoms with Gasteiger partial charge in [-0.05, 0) is 36.8 Å². The lowest BCUT2D eigenvalue weighted by Crippen LogP contribution is -2.58. The Bertz CT molecular complexity index is 1270. The highest BCUT2D eigenvalue weighted by molar-refractivity contribution is 5.96. The SMILES string of the molecule is CC(C)C(NC(=O)C(CC(=O)O)NC(=O)C(CCCN=C(N)N)NC(=O)C(N)Cc1c[nH]c2ccccc12)C(=O)O. The summed E-state index contributed by atoms with van der Waals surface area (Å²) < 4.78 is 0. The first-order valence-corrected chi connectivity index (χ1v) is 13.0. The number of amides is 3. The molecule has 15 nitrogen and oxygen atoms in total. The Hall–Kier alpha value is -4.66. The molecule has 4 unspecified atom stereocenters. The van der Waals surface area contributed by atoms with Crippen molar-refractivity contribution in [2.24, 2.45) is 28.1 Å². The molecule has 0 fully saturated rings. The van der Waals surface area contributed by atoms with Gasteiger partial charge in [0.25, 0.3) is 0 Å². The van der Waals surface area contributed by atoms with Gasteiger partial charge in [-0.2, -0.15) is 0 Å². The van der Waals surface area contributed by atoms with Gasteiger partial charge in [-0.15, -0.1) is 0 Å². The lowest BCUT2D eigenvalue weighted by Gasteiger charge is -2.25. The maximum Gasteiger partial charge on any atom is 0.326 e. The predicted molar refractivity (Wildman–Crippen MR) is 150 cm³/mol. The van der Waals surface area contributed by atoms with Crippen LogP contribution in [0.1, 0.15) is 38.7 Å². The van der Waals surface area contributed by atoms with Crippen molar-refractivity contribution in [1.82, 2.24) is 20.9 Å². The summed E-state index contributed by atoms with van der Waals surface area (Å²) >= 11 is 0. The number of aromatic amines is 1. The van der Waals surface area contributed by atoms with Gasteiger partial charge in [0.1, 0.15) is 18.1 Å². The van der Waals surface area contributed by atoms with Crippen molar-refractivity contribution >= 4 is 46.5 Å². The van der Waals surface area contributed by atoms with Crippen LogP contribution in [0.2, 0.25) is 0 Å². The van der Waals surface area contributed by atoms with E-state index >= 15 is 0 Å². The Morgan fingerprint density at radius 2 is 1.59 bits per heavy atom. The van der Waals surface area contributed by atoms with Crippen LogP contribution in [0.5, 0.6) is 0 Å². The standard InChI is InChI=1S/C26H38N8O7/c1-13(2)21(25(40)41)34-24(39)19(11-20(35)36)33-23(38)18(8-5-9-30-26(28)29)32-22(37)16(27)10-14-12-31-17-7-4-3-6-15(14)17/h3-4,6-7,12-13,16,18-19,21,31H,5,8-11,27H2,1-2H3,(H,32,37)(H,33,38)(H,34,39)(H,35,36)(H,40,41)(H4,28,29,30). The molecule has 0 aliphatic rings. The number of H-pyrrole nitrogens is 1. The lowest BCUT2D eigenvalue weighted by molar-refractivity contribution is -0.144. The van der Waals surface area contributed by atoms with Crippen LogP contribution in [-0.2, 0) is 30.4 Å². The molecule has 0 aliphatic heterocycles. The molecular formula is C26H38N8O7. The molecule has 12 N–H and O–H groups in total. The lowest BCUT2D eigenvalue weighted by atomic mass is 10.0. The normalized spacial score (nSPS) is 14.0. The minimum atomic E-state index is -1.61. The molecule has 0 spiro atoms. The number of carbonyl (C=O) groups excluding carboxylic acids is 3. The number of nitrogens with zero attached hydrogens (tertiary/aromatic N) is 1. The third-order valence-electron chi connectivity index (χ3n) is 6.27. The van der Waals surface area contributed by atoms with Crippen molar-refractivity contribution in [2.45, 2.75) is 63.7 Å². The van der Waals surface area contributed by atoms with Gasteiger partial charge in [0.05, 0.1) is 12.5 Å². The summed E-state index contributed by atoms with van der Waals surface area (Å²) in [5.41, 5.74) is 18.5. The van der Waals surface area contributed by atoms with Crippen LogP contribution in [0, 0.1) is 5.92 Å². The second-order valence-corrected chi connectivity index (χ2v) is 9.91. The minimum absolute atomic E-state index is 0.0271. The Morgan fingerprint density at radius 1 is 0.951 bits per heavy atom. The van der Waals surface area contributed by atoms with Crippen molar-refractivity contribution in [2.75, 3.05) is 6.54 Å². The predicted octanol–water partition coefficient (Wildman–Crippen LogP) is -1.24. The summed E-state index contributed by atoms with van der Waals surface area (Å²) in [5, 5.41) is 26.7. The number of hydrogen-bond acceptors (Lipinski definition) is 7. The third-order valence-corrected chi connectivity index (χ3v) is 6.27. The van der Waals surface area contributed by atoms with Gasteiger partial charge in [-0.3, -0.25) is 24.2 Å². The number of nitrogens with two attached hydrogens (primary N) is 3. The van der Waals surface area contributed by atoms with Gasteiger partial charge in [0.15, 0.2) is 5.96 Å². The fraction of sp³-hybridized carbons (Fsp3) is 0.462. The molecule has 1 aromatic carbocycles. The highest BCUT2D eigenvalue weighted by Crippen LogP contribution is 2.19. The number of carboxylic acids is 2. The van der Waals surface area contributed by atoms with Crippen molar-refractivity contribution < 1.29 is 34.2 Å². The first-order valence-electron chi connectivity index (χ1n) is 13.0. The number of aromatic nitrogens is 1. The van der Waals surface area contributed by atoms with Crippen LogP contribution in [0.25, 0.3) is 10.9 Å². The van der Waals surface area contributed by atoms with Crippen molar-refractivity contribution in [3.63, 3.8) is 0 Å². The average molecular weight is 575 g/mol. The fourth-order valence-electron chi connectivity index (χ4n) is 4.10. The maximum absolute atomic E-state index is 13.2. The van der Waals surface area contributed by atoms with E-state index in [0.29, 0.717) is 0 Å². The molecule has 4 atom stereocenters. The Balaban J connectivity index is 2.19. The van der Waals surface area contributed by atoms with E-state index in [2.05, 4.69) is 25.9 Å². The van der Waals surface area contributed by atoms with Gasteiger partial charge < -0.3 is 48.3 Å². The maximum atomic E-state index is 13.2. The number of nitrogens with one attached hydrogen (secondary N) is 4. The van der Waals surface area contributed by atoms with Gasteiger partial charge in [0.2, 0.25) is 17.7 Å². The number of fused-ring (bicyclic) bond motifs is 1. The Morgan fingerprint density at radius 3 is 2.20 bits per heavy atom. The summed E-state index contributed by atoms with van der Waals surface area (Å²) in [7, 11) is 0. The van der Waals surface area contributed by atoms with Gasteiger partial charge in [-0.1, -0.05) is 32.0 Å². The fourth-order valence-corrected chi connectivity index (χ4v) is 4.10. The smallest absolute Gasteiger partial charge is 0.326 e. The quantitative estimate of drug-likeness (QED) is 0.0653. The van der Waals surface area contributed by atoms with E-state index in [1.54, 1.807) is 20.0 Å². The summed E-state index contributed by atoms with van der Waals surface area (Å²) in [6.45, 7) is 3.26. The van der Waals surface area contributed by atoms with E-state index < -0.39 is 66.2 Å². The monoisotopic (exact) mass is 574 g/mol. The van der Waals surface area contributed by atoms with E-state index in [1.807, 2.05) is 24.3 Å². The molecule has 15 heteroatoms. The number of aliphatic carboxylic acids is 2. The highest BCUT2D eigenvalue weighted by atomic mass is 16.4. The van der Waals surface area contributed by atoms with Crippen LogP contribution >= 0.6 is 0 Å². The molecule has 2 aromatic rings. The number of carboxylic acid groups (broad SMARTS) is 2. The van der Waals surface area contributed by atoms with E-state index in [-0.39, 0.29) is 31.8 Å². The van der Waals surface area contributed by atoms with Gasteiger partial charge >= 0.3 is 11.9 Å². The topological polar surface area (TPSA) is 268 Å². The molecule has 1 heterocycles. The number of carbonyl (C=O) groups is 5. The van der Waals surface area contributed by atoms with E-state index in [4.69, 9.17) is 17.2 Å². The van der Waals surface area contributed by atoms with E-state index in [1.165, 1.54) is 0 Å². The molecule has 0 aliphatic carbocycles. The average Bonchev–Trinajstić information content (AvgIpc) is 3.30. The Kier molecular flexibility index (Phi) is 12.1. The molecule has 224 valence electrons. The van der Waals surface area contributed by atoms with Crippen LogP contribution in [0.4, 0.5) is 0 Å². The molecule has 41 heavy (non-hydrogen) atoms. The second kappa shape index (κ2) is 15.2. The van der Waals surface area contributed by atoms with Crippen LogP contribution in [0.3, 0.4) is 0 Å². The third kappa shape index (κ3) is 10.1. The Labute approximate surface area is 236 Å². The zero-order valence-corrected chi connectivity index (χ0v) is 22.9. The van der Waals surface area contributed by atoms with Crippen LogP contribution < -0.4 is 33.2 Å². The molecule has 0 saturated carbocycles. The number of guanidine groups is 1. The minimum Gasteiger partial charge on any atom is -0.481 e. The second-order valence-electron chi connectivity index (χ2n) is 9.91. The van der Waals surface area contributed by atoms with Crippen LogP contribution in [-0.4, -0.2) is 81.5 Å². The number of aliphatic imine (C=N–C) groups is 1. The molecule has 0 saturated heterocycles. The summed E-state index contributed by atoms with van der Waals surface area (Å²) in [5.74, 6) is -5.91. The molecule has 3 amide bonds. The van der Waals surface area contributed by atoms with Crippen LogP contribution in [0.15, 0.2) is 35.5 Å². The summed E-state index contributed by atoms with van der Waals surface area (Å²) in [4.78, 5) is 68.9. The zero-order valence-electron chi connectivity index (χ0n) is 22.9. The van der Waals surface area contributed by atoms with Crippen molar-refractivity contribution in [3.8, 4) is 0 Å². The largest absolute Gasteiger partial charge is 0.481 e. The molecular weight excluding hydrogens is 536 g/mol. The number of benzene rings is 1. The molecule has 2 rings (SSSR count). The first-order chi connectivity index (χ1) is 19.3. The van der Waals surface area contributed by atoms with E-state index in [9.17, 15) is 34.2 Å². The first kappa shape index (κ1) is 32.6. The number of hydrogen-bond donors (Lipinski definition) is 9. The molecule has 1 aromatic heterocycles. The van der Waals surface area contributed by atoms with Crippen molar-refractivity contribution in [3.05, 3.63) is 36.0 Å².